The van der Waals surface area contributed by atoms with Gasteiger partial charge < -0.3 is 5.11 Å². The van der Waals surface area contributed by atoms with Crippen molar-refractivity contribution < 1.29 is 5.11 Å². The Kier molecular flexibility index (Phi) is 7.28. The molecule has 0 aliphatic rings. The van der Waals surface area contributed by atoms with Crippen molar-refractivity contribution in [1.82, 2.24) is 0 Å². The Bertz CT molecular complexity index is 1800. The minimum atomic E-state index is 0.184. The van der Waals surface area contributed by atoms with Gasteiger partial charge in [0.25, 0.3) is 0 Å². The first-order valence-electron chi connectivity index (χ1n) is 12.3. The monoisotopic (exact) mass is 508 g/mol. The molecule has 7 heteroatoms. The van der Waals surface area contributed by atoms with Gasteiger partial charge in [0.15, 0.2) is 0 Å². The Labute approximate surface area is 226 Å². The van der Waals surface area contributed by atoms with E-state index in [1.54, 1.807) is 42.6 Å². The van der Waals surface area contributed by atoms with Crippen molar-refractivity contribution in [2.24, 2.45) is 25.4 Å². The quantitative estimate of drug-likeness (QED) is 0.182. The summed E-state index contributed by atoms with van der Waals surface area (Å²) in [5, 5.41) is 38.7. The van der Waals surface area contributed by atoms with Crippen molar-refractivity contribution >= 4 is 45.4 Å². The summed E-state index contributed by atoms with van der Waals surface area (Å²) < 4.78 is 0. The van der Waals surface area contributed by atoms with Crippen molar-refractivity contribution in [1.29, 1.82) is 5.26 Å². The Hall–Kier alpha value is -5.48. The zero-order valence-electron chi connectivity index (χ0n) is 21.4. The highest BCUT2D eigenvalue weighted by Crippen LogP contribution is 2.36. The molecule has 0 saturated heterocycles. The largest absolute Gasteiger partial charge is 0.507 e. The molecule has 0 amide bonds. The lowest BCUT2D eigenvalue weighted by Crippen LogP contribution is -1.82. The lowest BCUT2D eigenvalue weighted by Gasteiger charge is -2.07. The van der Waals surface area contributed by atoms with Gasteiger partial charge in [0, 0.05) is 22.6 Å². The fourth-order valence-corrected chi connectivity index (χ4v) is 4.03. The molecule has 0 aliphatic carbocycles. The van der Waals surface area contributed by atoms with E-state index in [9.17, 15) is 5.11 Å². The molecule has 0 bridgehead atoms. The number of benzene rings is 5. The van der Waals surface area contributed by atoms with Crippen LogP contribution in [0.2, 0.25) is 0 Å². The number of aryl methyl sites for hydroxylation is 2. The number of para-hydroxylation sites is 1. The number of hydrogen-bond donors (Lipinski definition) is 1. The number of phenols is 1. The van der Waals surface area contributed by atoms with Crippen LogP contribution < -0.4 is 0 Å². The van der Waals surface area contributed by atoms with Crippen molar-refractivity contribution in [3.8, 4) is 11.8 Å². The van der Waals surface area contributed by atoms with Gasteiger partial charge in [-0.1, -0.05) is 36.4 Å². The number of azo groups is 2. The third-order valence-electron chi connectivity index (χ3n) is 6.21. The van der Waals surface area contributed by atoms with E-state index < -0.39 is 0 Å². The van der Waals surface area contributed by atoms with Crippen LogP contribution in [-0.2, 0) is 0 Å². The molecule has 5 rings (SSSR count). The molecule has 0 spiro atoms. The molecule has 0 aliphatic heterocycles. The third-order valence-corrected chi connectivity index (χ3v) is 6.21. The first-order valence-corrected chi connectivity index (χ1v) is 12.3. The second-order valence-electron chi connectivity index (χ2n) is 8.95. The van der Waals surface area contributed by atoms with Gasteiger partial charge in [-0.15, -0.1) is 5.11 Å². The lowest BCUT2D eigenvalue weighted by atomic mass is 10.1. The zero-order chi connectivity index (χ0) is 27.2. The number of rotatable bonds is 6. The molecule has 0 saturated carbocycles. The summed E-state index contributed by atoms with van der Waals surface area (Å²) in [5.41, 5.74) is 6.75. The molecule has 0 aromatic heterocycles. The number of phenolic OH excluding ortho intramolecular Hbond substituents is 1. The van der Waals surface area contributed by atoms with Gasteiger partial charge in [-0.05, 0) is 85.6 Å². The van der Waals surface area contributed by atoms with Crippen LogP contribution in [0.5, 0.6) is 5.75 Å². The van der Waals surface area contributed by atoms with E-state index in [0.29, 0.717) is 16.8 Å². The average molecular weight is 509 g/mol. The Morgan fingerprint density at radius 3 is 1.87 bits per heavy atom. The second-order valence-corrected chi connectivity index (χ2v) is 8.95. The third kappa shape index (κ3) is 5.76. The molecule has 0 unspecified atom stereocenters. The van der Waals surface area contributed by atoms with Crippen molar-refractivity contribution in [3.05, 3.63) is 119 Å². The lowest BCUT2D eigenvalue weighted by molar-refractivity contribution is 0.474. The van der Waals surface area contributed by atoms with Crippen molar-refractivity contribution in [2.45, 2.75) is 13.8 Å². The summed E-state index contributed by atoms with van der Waals surface area (Å²) in [6.07, 6.45) is 1.66. The van der Waals surface area contributed by atoms with Gasteiger partial charge in [-0.2, -0.15) is 20.6 Å². The van der Waals surface area contributed by atoms with E-state index in [-0.39, 0.29) is 5.75 Å². The summed E-state index contributed by atoms with van der Waals surface area (Å²) in [6, 6.07) is 31.7. The van der Waals surface area contributed by atoms with E-state index in [4.69, 9.17) is 5.26 Å². The van der Waals surface area contributed by atoms with Crippen LogP contribution in [-0.4, -0.2) is 11.3 Å². The predicted molar refractivity (Wildman–Crippen MR) is 155 cm³/mol. The molecule has 0 heterocycles. The van der Waals surface area contributed by atoms with Crippen LogP contribution in [0.1, 0.15) is 22.3 Å². The highest BCUT2D eigenvalue weighted by molar-refractivity contribution is 6.01. The fourth-order valence-electron chi connectivity index (χ4n) is 4.03. The molecule has 7 nitrogen and oxygen atoms in total. The topological polar surface area (TPSA) is 106 Å². The van der Waals surface area contributed by atoms with E-state index in [1.807, 2.05) is 74.5 Å². The molecule has 0 fully saturated rings. The number of aromatic hydroxyl groups is 1. The van der Waals surface area contributed by atoms with Gasteiger partial charge in [0.05, 0.1) is 40.1 Å². The first kappa shape index (κ1) is 25.2. The van der Waals surface area contributed by atoms with Crippen LogP contribution in [0.25, 0.3) is 10.8 Å². The second kappa shape index (κ2) is 11.3. The summed E-state index contributed by atoms with van der Waals surface area (Å²) in [6.45, 7) is 3.92. The first-order chi connectivity index (χ1) is 19.0. The maximum Gasteiger partial charge on any atom is 0.124 e. The molecule has 0 atom stereocenters. The summed E-state index contributed by atoms with van der Waals surface area (Å²) in [5.74, 6) is 0.184. The number of fused-ring (bicyclic) bond motifs is 1. The molecular formula is C32H24N6O. The standard InChI is InChI=1S/C32H24N6O/c1-21-18-31(22(2)17-30(21)37-35-25-13-11-23(19-33)12-14-25)38-36-29-16-15-28(26-8-4-5-9-27(26)29)34-20-24-7-3-6-10-32(24)39/h3-18,20,39H,1-2H3/b34-20+,37-35+,38-36+. The maximum absolute atomic E-state index is 10.0. The Balaban J connectivity index is 1.41. The van der Waals surface area contributed by atoms with Gasteiger partial charge in [-0.3, -0.25) is 4.99 Å². The normalized spacial score (nSPS) is 11.6. The van der Waals surface area contributed by atoms with Crippen LogP contribution in [0.3, 0.4) is 0 Å². The number of hydrogen-bond acceptors (Lipinski definition) is 7. The van der Waals surface area contributed by atoms with Crippen molar-refractivity contribution in [2.75, 3.05) is 0 Å². The number of nitriles is 1. The van der Waals surface area contributed by atoms with E-state index in [0.717, 1.165) is 44.6 Å². The zero-order valence-corrected chi connectivity index (χ0v) is 21.4. The Morgan fingerprint density at radius 1 is 0.641 bits per heavy atom. The highest BCUT2D eigenvalue weighted by Gasteiger charge is 2.07. The highest BCUT2D eigenvalue weighted by atomic mass is 16.3. The molecule has 0 radical (unpaired) electrons. The molecule has 5 aromatic carbocycles. The number of nitrogens with zero attached hydrogens (tertiary/aromatic N) is 6. The van der Waals surface area contributed by atoms with Crippen LogP contribution >= 0.6 is 0 Å². The van der Waals surface area contributed by atoms with Gasteiger partial charge in [0.1, 0.15) is 5.75 Å². The Morgan fingerprint density at radius 2 is 1.21 bits per heavy atom. The maximum atomic E-state index is 10.0. The van der Waals surface area contributed by atoms with Gasteiger partial charge >= 0.3 is 0 Å². The van der Waals surface area contributed by atoms with E-state index >= 15 is 0 Å². The van der Waals surface area contributed by atoms with Crippen LogP contribution in [0.4, 0.5) is 28.4 Å². The van der Waals surface area contributed by atoms with E-state index in [1.165, 1.54) is 0 Å². The molecule has 39 heavy (non-hydrogen) atoms. The van der Waals surface area contributed by atoms with Gasteiger partial charge in [-0.25, -0.2) is 0 Å². The molecule has 1 N–H and O–H groups in total. The number of aliphatic imine (C=N–C) groups is 1. The summed E-state index contributed by atoms with van der Waals surface area (Å²) in [7, 11) is 0. The summed E-state index contributed by atoms with van der Waals surface area (Å²) >= 11 is 0. The van der Waals surface area contributed by atoms with Crippen LogP contribution in [0.15, 0.2) is 123 Å². The van der Waals surface area contributed by atoms with E-state index in [2.05, 4.69) is 31.5 Å². The van der Waals surface area contributed by atoms with Gasteiger partial charge in [0.2, 0.25) is 0 Å². The predicted octanol–water partition coefficient (Wildman–Crippen LogP) is 9.62. The van der Waals surface area contributed by atoms with Crippen molar-refractivity contribution in [3.63, 3.8) is 0 Å². The minimum absolute atomic E-state index is 0.184. The molecular weight excluding hydrogens is 484 g/mol. The fraction of sp³-hybridized carbons (Fsp3) is 0.0625. The minimum Gasteiger partial charge on any atom is -0.507 e. The summed E-state index contributed by atoms with van der Waals surface area (Å²) in [4.78, 5) is 4.62. The van der Waals surface area contributed by atoms with Crippen LogP contribution in [0, 0.1) is 25.2 Å². The SMILES string of the molecule is Cc1cc(/N=N/c2ccc(/N=C/c3ccccc3O)c3ccccc23)c(C)cc1/N=N/c1ccc(C#N)cc1. The molecule has 188 valence electrons. The smallest absolute Gasteiger partial charge is 0.124 e. The average Bonchev–Trinajstić information content (AvgIpc) is 2.97. The molecule has 5 aromatic rings.